The number of unbranched alkanes of at least 4 members (excludes halogenated alkanes) is 5. The van der Waals surface area contributed by atoms with E-state index in [1.807, 2.05) is 30.3 Å². The minimum atomic E-state index is 0.250. The predicted molar refractivity (Wildman–Crippen MR) is 86.3 cm³/mol. The van der Waals surface area contributed by atoms with E-state index < -0.39 is 0 Å². The average Bonchev–Trinajstić information content (AvgIpc) is 2.49. The monoisotopic (exact) mass is 275 g/mol. The van der Waals surface area contributed by atoms with Crippen LogP contribution in [0.15, 0.2) is 30.3 Å². The van der Waals surface area contributed by atoms with Gasteiger partial charge in [0, 0.05) is 18.5 Å². The first-order chi connectivity index (χ1) is 9.74. The summed E-state index contributed by atoms with van der Waals surface area (Å²) in [5, 5.41) is 0. The zero-order valence-corrected chi connectivity index (χ0v) is 13.1. The highest BCUT2D eigenvalue weighted by Crippen LogP contribution is 2.07. The van der Waals surface area contributed by atoms with Crippen molar-refractivity contribution in [2.24, 2.45) is 0 Å². The van der Waals surface area contributed by atoms with Crippen molar-refractivity contribution in [3.8, 4) is 0 Å². The predicted octanol–water partition coefficient (Wildman–Crippen LogP) is 4.55. The topological polar surface area (TPSA) is 20.3 Å². The first-order valence-corrected chi connectivity index (χ1v) is 8.01. The second kappa shape index (κ2) is 10.6. The molecule has 2 nitrogen and oxygen atoms in total. The summed E-state index contributed by atoms with van der Waals surface area (Å²) >= 11 is 0. The van der Waals surface area contributed by atoms with Crippen LogP contribution < -0.4 is 0 Å². The zero-order chi connectivity index (χ0) is 14.6. The Kier molecular flexibility index (Phi) is 8.97. The summed E-state index contributed by atoms with van der Waals surface area (Å²) in [6.45, 7) is 4.22. The van der Waals surface area contributed by atoms with Crippen LogP contribution in [0.25, 0.3) is 0 Å². The Morgan fingerprint density at radius 3 is 2.30 bits per heavy atom. The van der Waals surface area contributed by atoms with E-state index in [0.29, 0.717) is 6.42 Å². The fourth-order valence-corrected chi connectivity index (χ4v) is 2.33. The Morgan fingerprint density at radius 2 is 1.60 bits per heavy atom. The molecule has 1 aromatic rings. The van der Waals surface area contributed by atoms with Crippen molar-refractivity contribution in [1.29, 1.82) is 0 Å². The van der Waals surface area contributed by atoms with Gasteiger partial charge in [0.15, 0.2) is 5.78 Å². The van der Waals surface area contributed by atoms with Crippen LogP contribution in [0.3, 0.4) is 0 Å². The third-order valence-corrected chi connectivity index (χ3v) is 3.71. The Hall–Kier alpha value is -1.15. The molecule has 0 aliphatic carbocycles. The number of Topliss-reactive ketones (excluding diaryl/α,β-unsaturated/α-hetero) is 1. The lowest BCUT2D eigenvalue weighted by atomic mass is 10.1. The fraction of sp³-hybridized carbons (Fsp3) is 0.611. The van der Waals surface area contributed by atoms with Crippen LogP contribution in [-0.4, -0.2) is 30.8 Å². The number of rotatable bonds is 11. The smallest absolute Gasteiger partial charge is 0.164 e. The molecule has 20 heavy (non-hydrogen) atoms. The molecule has 0 atom stereocenters. The fourth-order valence-electron chi connectivity index (χ4n) is 2.33. The SMILES string of the molecule is CCCCCCCCN(C)CCC(=O)c1ccccc1. The van der Waals surface area contributed by atoms with Crippen molar-refractivity contribution in [2.75, 3.05) is 20.1 Å². The summed E-state index contributed by atoms with van der Waals surface area (Å²) in [6.07, 6.45) is 8.58. The molecule has 0 heterocycles. The molecule has 0 aliphatic heterocycles. The summed E-state index contributed by atoms with van der Waals surface area (Å²) < 4.78 is 0. The molecule has 0 aromatic heterocycles. The van der Waals surface area contributed by atoms with Gasteiger partial charge in [-0.25, -0.2) is 0 Å². The lowest BCUT2D eigenvalue weighted by Gasteiger charge is -2.15. The van der Waals surface area contributed by atoms with E-state index in [1.54, 1.807) is 0 Å². The number of hydrogen-bond donors (Lipinski definition) is 0. The van der Waals surface area contributed by atoms with E-state index in [-0.39, 0.29) is 5.78 Å². The van der Waals surface area contributed by atoms with Gasteiger partial charge in [0.05, 0.1) is 0 Å². The van der Waals surface area contributed by atoms with Gasteiger partial charge in [0.2, 0.25) is 0 Å². The minimum absolute atomic E-state index is 0.250. The highest BCUT2D eigenvalue weighted by Gasteiger charge is 2.06. The average molecular weight is 275 g/mol. The summed E-state index contributed by atoms with van der Waals surface area (Å²) in [5.74, 6) is 0.250. The molecule has 1 aromatic carbocycles. The van der Waals surface area contributed by atoms with Crippen molar-refractivity contribution in [2.45, 2.75) is 51.9 Å². The number of hydrogen-bond acceptors (Lipinski definition) is 2. The highest BCUT2D eigenvalue weighted by atomic mass is 16.1. The zero-order valence-electron chi connectivity index (χ0n) is 13.1. The molecule has 0 radical (unpaired) electrons. The first kappa shape index (κ1) is 16.9. The third kappa shape index (κ3) is 7.44. The quantitative estimate of drug-likeness (QED) is 0.436. The lowest BCUT2D eigenvalue weighted by molar-refractivity contribution is 0.0969. The van der Waals surface area contributed by atoms with Crippen molar-refractivity contribution in [1.82, 2.24) is 4.90 Å². The molecule has 0 unspecified atom stereocenters. The van der Waals surface area contributed by atoms with Crippen LogP contribution in [0, 0.1) is 0 Å². The van der Waals surface area contributed by atoms with E-state index in [2.05, 4.69) is 18.9 Å². The van der Waals surface area contributed by atoms with E-state index in [9.17, 15) is 4.79 Å². The van der Waals surface area contributed by atoms with Gasteiger partial charge in [0.1, 0.15) is 0 Å². The van der Waals surface area contributed by atoms with E-state index in [4.69, 9.17) is 0 Å². The van der Waals surface area contributed by atoms with Gasteiger partial charge in [-0.1, -0.05) is 69.4 Å². The van der Waals surface area contributed by atoms with E-state index in [0.717, 1.165) is 18.7 Å². The summed E-state index contributed by atoms with van der Waals surface area (Å²) in [6, 6.07) is 9.59. The van der Waals surface area contributed by atoms with Crippen LogP contribution in [0.1, 0.15) is 62.2 Å². The summed E-state index contributed by atoms with van der Waals surface area (Å²) in [7, 11) is 2.12. The van der Waals surface area contributed by atoms with Crippen LogP contribution >= 0.6 is 0 Å². The maximum Gasteiger partial charge on any atom is 0.164 e. The van der Waals surface area contributed by atoms with Crippen LogP contribution in [0.4, 0.5) is 0 Å². The molecular formula is C18H29NO. The Bertz CT molecular complexity index is 361. The molecule has 0 saturated heterocycles. The molecule has 0 aliphatic rings. The second-order valence-electron chi connectivity index (χ2n) is 5.61. The maximum absolute atomic E-state index is 12.0. The molecule has 0 fully saturated rings. The third-order valence-electron chi connectivity index (χ3n) is 3.71. The van der Waals surface area contributed by atoms with Gasteiger partial charge in [-0.15, -0.1) is 0 Å². The largest absolute Gasteiger partial charge is 0.306 e. The molecule has 0 amide bonds. The van der Waals surface area contributed by atoms with Crippen molar-refractivity contribution < 1.29 is 4.79 Å². The number of ketones is 1. The van der Waals surface area contributed by atoms with Gasteiger partial charge in [-0.2, -0.15) is 0 Å². The van der Waals surface area contributed by atoms with Crippen molar-refractivity contribution >= 4 is 5.78 Å². The van der Waals surface area contributed by atoms with Gasteiger partial charge < -0.3 is 4.90 Å². The van der Waals surface area contributed by atoms with Gasteiger partial charge in [-0.3, -0.25) is 4.79 Å². The van der Waals surface area contributed by atoms with Crippen LogP contribution in [0.2, 0.25) is 0 Å². The number of nitrogens with zero attached hydrogens (tertiary/aromatic N) is 1. The number of carbonyl (C=O) groups excluding carboxylic acids is 1. The Labute approximate surface area is 124 Å². The molecule has 0 spiro atoms. The molecule has 2 heteroatoms. The standard InChI is InChI=1S/C18H29NO/c1-3-4-5-6-7-11-15-19(2)16-14-18(20)17-12-9-8-10-13-17/h8-10,12-13H,3-7,11,14-16H2,1-2H3. The van der Waals surface area contributed by atoms with Crippen molar-refractivity contribution in [3.63, 3.8) is 0 Å². The molecule has 1 rings (SSSR count). The van der Waals surface area contributed by atoms with E-state index >= 15 is 0 Å². The normalized spacial score (nSPS) is 10.9. The summed E-state index contributed by atoms with van der Waals surface area (Å²) in [4.78, 5) is 14.2. The van der Waals surface area contributed by atoms with Gasteiger partial charge in [0.25, 0.3) is 0 Å². The van der Waals surface area contributed by atoms with Gasteiger partial charge >= 0.3 is 0 Å². The molecule has 0 N–H and O–H groups in total. The second-order valence-corrected chi connectivity index (χ2v) is 5.61. The molecule has 0 bridgehead atoms. The molecular weight excluding hydrogens is 246 g/mol. The number of benzene rings is 1. The lowest BCUT2D eigenvalue weighted by Crippen LogP contribution is -2.23. The molecule has 0 saturated carbocycles. The van der Waals surface area contributed by atoms with Crippen LogP contribution in [0.5, 0.6) is 0 Å². The minimum Gasteiger partial charge on any atom is -0.306 e. The Morgan fingerprint density at radius 1 is 0.950 bits per heavy atom. The van der Waals surface area contributed by atoms with Crippen LogP contribution in [-0.2, 0) is 0 Å². The number of carbonyl (C=O) groups is 1. The highest BCUT2D eigenvalue weighted by molar-refractivity contribution is 5.96. The maximum atomic E-state index is 12.0. The van der Waals surface area contributed by atoms with Crippen molar-refractivity contribution in [3.05, 3.63) is 35.9 Å². The Balaban J connectivity index is 2.08. The van der Waals surface area contributed by atoms with E-state index in [1.165, 1.54) is 38.5 Å². The van der Waals surface area contributed by atoms with Gasteiger partial charge in [-0.05, 0) is 20.0 Å². The molecule has 112 valence electrons. The first-order valence-electron chi connectivity index (χ1n) is 8.01. The summed E-state index contributed by atoms with van der Waals surface area (Å²) in [5.41, 5.74) is 0.834.